The van der Waals surface area contributed by atoms with Gasteiger partial charge >= 0.3 is 5.97 Å². The van der Waals surface area contributed by atoms with E-state index in [2.05, 4.69) is 5.32 Å². The number of hydrogen-bond acceptors (Lipinski definition) is 4. The van der Waals surface area contributed by atoms with Gasteiger partial charge in [0.2, 0.25) is 5.91 Å². The summed E-state index contributed by atoms with van der Waals surface area (Å²) in [5, 5.41) is 11.1. The molecule has 0 bridgehead atoms. The summed E-state index contributed by atoms with van der Waals surface area (Å²) in [6, 6.07) is -0.837. The van der Waals surface area contributed by atoms with Crippen molar-refractivity contribution in [1.82, 2.24) is 5.32 Å². The predicted molar refractivity (Wildman–Crippen MR) is 64.1 cm³/mol. The quantitative estimate of drug-likeness (QED) is 0.473. The Balaban J connectivity index is 3.60. The highest BCUT2D eigenvalue weighted by Gasteiger charge is 2.17. The molecule has 0 heterocycles. The predicted octanol–water partition coefficient (Wildman–Crippen LogP) is 0.564. The Morgan fingerprint density at radius 1 is 1.50 bits per heavy atom. The minimum Gasteiger partial charge on any atom is -0.480 e. The number of carboxylic acids is 1. The lowest BCUT2D eigenvalue weighted by atomic mass is 10.3. The molecule has 7 heteroatoms. The molecule has 0 aliphatic carbocycles. The van der Waals surface area contributed by atoms with Crippen molar-refractivity contribution in [3.05, 3.63) is 0 Å². The van der Waals surface area contributed by atoms with Gasteiger partial charge in [0.05, 0.1) is 13.2 Å². The van der Waals surface area contributed by atoms with Crippen LogP contribution in [0.15, 0.2) is 0 Å². The lowest BCUT2D eigenvalue weighted by Crippen LogP contribution is -2.41. The van der Waals surface area contributed by atoms with E-state index in [1.54, 1.807) is 0 Å². The van der Waals surface area contributed by atoms with Crippen molar-refractivity contribution in [2.24, 2.45) is 0 Å². The summed E-state index contributed by atoms with van der Waals surface area (Å²) in [6.45, 7) is 2.32. The highest BCUT2D eigenvalue weighted by Crippen LogP contribution is 2.03. The van der Waals surface area contributed by atoms with Gasteiger partial charge in [-0.3, -0.25) is 4.79 Å². The molecular formula is C9H16ClNO4S. The van der Waals surface area contributed by atoms with Crippen LogP contribution in [0.2, 0.25) is 0 Å². The minimum atomic E-state index is -1.02. The van der Waals surface area contributed by atoms with Crippen LogP contribution >= 0.6 is 23.4 Å². The number of hydrogen-bond donors (Lipinski definition) is 2. The number of alkyl halides is 1. The van der Waals surface area contributed by atoms with Crippen LogP contribution < -0.4 is 5.32 Å². The van der Waals surface area contributed by atoms with E-state index in [0.717, 1.165) is 0 Å². The van der Waals surface area contributed by atoms with Gasteiger partial charge in [-0.2, -0.15) is 11.8 Å². The normalized spacial score (nSPS) is 12.1. The fraction of sp³-hybridized carbons (Fsp3) is 0.778. The Morgan fingerprint density at radius 3 is 2.69 bits per heavy atom. The largest absolute Gasteiger partial charge is 0.480 e. The van der Waals surface area contributed by atoms with Gasteiger partial charge in [-0.25, -0.2) is 4.79 Å². The van der Waals surface area contributed by atoms with Crippen LogP contribution in [0.1, 0.15) is 6.92 Å². The van der Waals surface area contributed by atoms with Crippen LogP contribution in [0.4, 0.5) is 0 Å². The highest BCUT2D eigenvalue weighted by molar-refractivity contribution is 7.99. The third kappa shape index (κ3) is 8.82. The Labute approximate surface area is 104 Å². The number of rotatable bonds is 9. The van der Waals surface area contributed by atoms with Crippen molar-refractivity contribution in [3.63, 3.8) is 0 Å². The van der Waals surface area contributed by atoms with Crippen LogP contribution in [0, 0.1) is 0 Å². The molecule has 0 radical (unpaired) electrons. The van der Waals surface area contributed by atoms with Gasteiger partial charge in [0.15, 0.2) is 0 Å². The van der Waals surface area contributed by atoms with E-state index in [9.17, 15) is 9.59 Å². The molecule has 0 unspecified atom stereocenters. The maximum absolute atomic E-state index is 10.7. The van der Waals surface area contributed by atoms with Crippen LogP contribution in [-0.2, 0) is 14.3 Å². The second kappa shape index (κ2) is 9.74. The van der Waals surface area contributed by atoms with E-state index in [4.69, 9.17) is 21.4 Å². The third-order valence-electron chi connectivity index (χ3n) is 1.55. The van der Waals surface area contributed by atoms with E-state index in [1.807, 2.05) is 0 Å². The lowest BCUT2D eigenvalue weighted by molar-refractivity contribution is -0.140. The van der Waals surface area contributed by atoms with E-state index in [0.29, 0.717) is 30.6 Å². The number of carbonyl (C=O) groups is 2. The van der Waals surface area contributed by atoms with E-state index >= 15 is 0 Å². The smallest absolute Gasteiger partial charge is 0.327 e. The summed E-state index contributed by atoms with van der Waals surface area (Å²) >= 11 is 6.83. The standard InChI is InChI=1S/C9H16ClNO4S/c1-7(12)11-8(9(13)14)6-16-5-4-15-3-2-10/h8H,2-6H2,1H3,(H,11,12)(H,13,14)/t8-/m0/s1. The fourth-order valence-electron chi connectivity index (χ4n) is 0.896. The molecule has 16 heavy (non-hydrogen) atoms. The van der Waals surface area contributed by atoms with Gasteiger partial charge in [-0.1, -0.05) is 0 Å². The fourth-order valence-corrected chi connectivity index (χ4v) is 1.87. The molecule has 0 aliphatic heterocycles. The number of aliphatic carboxylic acids is 1. The van der Waals surface area contributed by atoms with Crippen molar-refractivity contribution < 1.29 is 19.4 Å². The first-order valence-corrected chi connectivity index (χ1v) is 6.48. The molecule has 5 nitrogen and oxygen atoms in total. The van der Waals surface area contributed by atoms with Crippen molar-refractivity contribution in [2.45, 2.75) is 13.0 Å². The third-order valence-corrected chi connectivity index (χ3v) is 2.73. The summed E-state index contributed by atoms with van der Waals surface area (Å²) < 4.78 is 5.12. The average Bonchev–Trinajstić information content (AvgIpc) is 2.20. The molecule has 2 N–H and O–H groups in total. The summed E-state index contributed by atoms with van der Waals surface area (Å²) in [6.07, 6.45) is 0. The number of carboxylic acid groups (broad SMARTS) is 1. The van der Waals surface area contributed by atoms with Gasteiger partial charge in [0, 0.05) is 24.3 Å². The van der Waals surface area contributed by atoms with E-state index < -0.39 is 12.0 Å². The molecule has 0 saturated carbocycles. The Hall–Kier alpha value is -0.460. The second-order valence-electron chi connectivity index (χ2n) is 2.97. The number of nitrogens with one attached hydrogen (secondary N) is 1. The first-order chi connectivity index (χ1) is 7.57. The molecule has 0 aliphatic rings. The molecule has 0 fully saturated rings. The van der Waals surface area contributed by atoms with Crippen molar-refractivity contribution >= 4 is 35.2 Å². The number of amides is 1. The molecule has 0 saturated heterocycles. The zero-order chi connectivity index (χ0) is 12.4. The van der Waals surface area contributed by atoms with Gasteiger partial charge in [0.25, 0.3) is 0 Å². The highest BCUT2D eigenvalue weighted by atomic mass is 35.5. The molecule has 0 aromatic heterocycles. The van der Waals surface area contributed by atoms with Crippen LogP contribution in [0.5, 0.6) is 0 Å². The summed E-state index contributed by atoms with van der Waals surface area (Å²) in [5.41, 5.74) is 0. The zero-order valence-electron chi connectivity index (χ0n) is 9.07. The van der Waals surface area contributed by atoms with Gasteiger partial charge in [-0.15, -0.1) is 11.6 Å². The number of thioether (sulfide) groups is 1. The van der Waals surface area contributed by atoms with Gasteiger partial charge < -0.3 is 15.2 Å². The summed E-state index contributed by atoms with van der Waals surface area (Å²) in [4.78, 5) is 21.4. The Bertz CT molecular complexity index is 228. The zero-order valence-corrected chi connectivity index (χ0v) is 10.6. The van der Waals surface area contributed by atoms with Crippen LogP contribution in [0.25, 0.3) is 0 Å². The number of carbonyl (C=O) groups excluding carboxylic acids is 1. The topological polar surface area (TPSA) is 75.6 Å². The SMILES string of the molecule is CC(=O)N[C@@H](CSCCOCCCl)C(=O)O. The van der Waals surface area contributed by atoms with Crippen molar-refractivity contribution in [1.29, 1.82) is 0 Å². The number of ether oxygens (including phenoxy) is 1. The molecule has 0 rings (SSSR count). The first kappa shape index (κ1) is 15.5. The molecule has 1 atom stereocenters. The molecule has 0 spiro atoms. The number of halogens is 1. The Kier molecular flexibility index (Phi) is 9.46. The minimum absolute atomic E-state index is 0.332. The molecular weight excluding hydrogens is 254 g/mol. The van der Waals surface area contributed by atoms with Crippen molar-refractivity contribution in [3.8, 4) is 0 Å². The maximum Gasteiger partial charge on any atom is 0.327 e. The first-order valence-electron chi connectivity index (χ1n) is 4.79. The van der Waals surface area contributed by atoms with Crippen molar-refractivity contribution in [2.75, 3.05) is 30.6 Å². The maximum atomic E-state index is 10.7. The molecule has 94 valence electrons. The van der Waals surface area contributed by atoms with E-state index in [-0.39, 0.29) is 5.91 Å². The van der Waals surface area contributed by atoms with Crippen LogP contribution in [-0.4, -0.2) is 53.6 Å². The summed E-state index contributed by atoms with van der Waals surface area (Å²) in [7, 11) is 0. The molecule has 0 aromatic rings. The Morgan fingerprint density at radius 2 is 2.19 bits per heavy atom. The monoisotopic (exact) mass is 269 g/mol. The lowest BCUT2D eigenvalue weighted by Gasteiger charge is -2.12. The summed E-state index contributed by atoms with van der Waals surface area (Å²) in [5.74, 6) is 0.101. The van der Waals surface area contributed by atoms with Gasteiger partial charge in [-0.05, 0) is 0 Å². The molecule has 0 aromatic carbocycles. The van der Waals surface area contributed by atoms with E-state index in [1.165, 1.54) is 18.7 Å². The second-order valence-corrected chi connectivity index (χ2v) is 4.50. The van der Waals surface area contributed by atoms with Crippen LogP contribution in [0.3, 0.4) is 0 Å². The molecule has 1 amide bonds. The average molecular weight is 270 g/mol. The van der Waals surface area contributed by atoms with Gasteiger partial charge in [0.1, 0.15) is 6.04 Å².